The summed E-state index contributed by atoms with van der Waals surface area (Å²) in [6.45, 7) is 4.41. The summed E-state index contributed by atoms with van der Waals surface area (Å²) in [5.74, 6) is 0.350. The largest absolute Gasteiger partial charge is 0.449 e. The van der Waals surface area contributed by atoms with E-state index in [1.54, 1.807) is 24.3 Å². The van der Waals surface area contributed by atoms with E-state index in [-0.39, 0.29) is 0 Å². The van der Waals surface area contributed by atoms with E-state index >= 15 is 0 Å². The number of ether oxygens (including phenoxy) is 1. The lowest BCUT2D eigenvalue weighted by atomic mass is 10.2. The molecule has 14 heavy (non-hydrogen) atoms. The minimum Gasteiger partial charge on any atom is -0.449 e. The molecular formula is C11H14NO2. The summed E-state index contributed by atoms with van der Waals surface area (Å²) in [5.41, 5.74) is 0.696. The van der Waals surface area contributed by atoms with E-state index in [1.165, 1.54) is 0 Å². The average molecular weight is 192 g/mol. The van der Waals surface area contributed by atoms with E-state index in [1.807, 2.05) is 13.8 Å². The standard InChI is InChI=1S/C11H14NO2/c1-9(2)8-14-11(13)12-10-6-4-3-5-7-10/h3-4,6-7,9H,8H2,1-2H3,(H,12,13). The Bertz CT molecular complexity index is 283. The Kier molecular flexibility index (Phi) is 3.98. The van der Waals surface area contributed by atoms with E-state index in [4.69, 9.17) is 4.74 Å². The summed E-state index contributed by atoms with van der Waals surface area (Å²) in [5, 5.41) is 2.60. The third kappa shape index (κ3) is 3.94. The average Bonchev–Trinajstić information content (AvgIpc) is 2.16. The highest BCUT2D eigenvalue weighted by molar-refractivity contribution is 5.84. The Labute approximate surface area is 84.1 Å². The van der Waals surface area contributed by atoms with Crippen LogP contribution in [0.25, 0.3) is 0 Å². The normalized spacial score (nSPS) is 9.93. The van der Waals surface area contributed by atoms with Crippen LogP contribution in [0, 0.1) is 12.0 Å². The molecule has 0 atom stereocenters. The van der Waals surface area contributed by atoms with Crippen molar-refractivity contribution in [2.45, 2.75) is 13.8 Å². The lowest BCUT2D eigenvalue weighted by Crippen LogP contribution is -2.16. The van der Waals surface area contributed by atoms with Crippen molar-refractivity contribution in [1.29, 1.82) is 0 Å². The molecule has 0 aliphatic heterocycles. The van der Waals surface area contributed by atoms with E-state index in [0.29, 0.717) is 18.2 Å². The topological polar surface area (TPSA) is 38.3 Å². The van der Waals surface area contributed by atoms with Crippen LogP contribution in [0.2, 0.25) is 0 Å². The maximum Gasteiger partial charge on any atom is 0.411 e. The van der Waals surface area contributed by atoms with Crippen molar-refractivity contribution in [3.63, 3.8) is 0 Å². The number of hydrogen-bond donors (Lipinski definition) is 1. The molecule has 1 rings (SSSR count). The van der Waals surface area contributed by atoms with Gasteiger partial charge in [-0.25, -0.2) is 4.79 Å². The molecule has 1 radical (unpaired) electrons. The fourth-order valence-corrected chi connectivity index (χ4v) is 0.867. The lowest BCUT2D eigenvalue weighted by Gasteiger charge is -2.08. The number of benzene rings is 1. The Morgan fingerprint density at radius 1 is 1.64 bits per heavy atom. The third-order valence-electron chi connectivity index (χ3n) is 1.50. The Morgan fingerprint density at radius 2 is 2.43 bits per heavy atom. The number of nitrogens with one attached hydrogen (secondary N) is 1. The van der Waals surface area contributed by atoms with E-state index in [2.05, 4.69) is 11.4 Å². The maximum absolute atomic E-state index is 11.2. The highest BCUT2D eigenvalue weighted by atomic mass is 16.5. The van der Waals surface area contributed by atoms with Gasteiger partial charge >= 0.3 is 6.09 Å². The van der Waals surface area contributed by atoms with Crippen molar-refractivity contribution in [2.24, 2.45) is 5.92 Å². The summed E-state index contributed by atoms with van der Waals surface area (Å²) >= 11 is 0. The molecular weight excluding hydrogens is 178 g/mol. The number of amides is 1. The molecule has 0 saturated heterocycles. The first-order valence-corrected chi connectivity index (χ1v) is 4.58. The van der Waals surface area contributed by atoms with Crippen LogP contribution in [0.1, 0.15) is 13.8 Å². The number of rotatable bonds is 3. The Balaban J connectivity index is 2.35. The predicted molar refractivity (Wildman–Crippen MR) is 55.1 cm³/mol. The van der Waals surface area contributed by atoms with Gasteiger partial charge in [-0.2, -0.15) is 0 Å². The van der Waals surface area contributed by atoms with Crippen LogP contribution in [0.3, 0.4) is 0 Å². The van der Waals surface area contributed by atoms with Crippen LogP contribution in [0.4, 0.5) is 10.5 Å². The molecule has 0 fully saturated rings. The van der Waals surface area contributed by atoms with Crippen LogP contribution in [-0.2, 0) is 4.74 Å². The zero-order chi connectivity index (χ0) is 10.4. The second-order valence-electron chi connectivity index (χ2n) is 3.41. The van der Waals surface area contributed by atoms with Gasteiger partial charge in [0.25, 0.3) is 0 Å². The van der Waals surface area contributed by atoms with Gasteiger partial charge in [-0.05, 0) is 24.1 Å². The Morgan fingerprint density at radius 3 is 3.00 bits per heavy atom. The van der Waals surface area contributed by atoms with Crippen molar-refractivity contribution in [3.8, 4) is 0 Å². The SMILES string of the molecule is CC(C)COC(=O)Nc1c[c]ccc1. The first kappa shape index (κ1) is 10.6. The number of carbonyl (C=O) groups is 1. The van der Waals surface area contributed by atoms with Crippen molar-refractivity contribution >= 4 is 11.8 Å². The summed E-state index contributed by atoms with van der Waals surface area (Å²) in [6, 6.07) is 9.91. The monoisotopic (exact) mass is 192 g/mol. The molecule has 0 saturated carbocycles. The summed E-state index contributed by atoms with van der Waals surface area (Å²) < 4.78 is 4.94. The quantitative estimate of drug-likeness (QED) is 0.799. The molecule has 0 unspecified atom stereocenters. The number of carbonyl (C=O) groups excluding carboxylic acids is 1. The lowest BCUT2D eigenvalue weighted by molar-refractivity contribution is 0.147. The third-order valence-corrected chi connectivity index (χ3v) is 1.50. The van der Waals surface area contributed by atoms with Crippen LogP contribution in [0.15, 0.2) is 24.3 Å². The second kappa shape index (κ2) is 5.27. The molecule has 3 nitrogen and oxygen atoms in total. The van der Waals surface area contributed by atoms with Crippen molar-refractivity contribution < 1.29 is 9.53 Å². The van der Waals surface area contributed by atoms with E-state index < -0.39 is 6.09 Å². The molecule has 1 aromatic carbocycles. The van der Waals surface area contributed by atoms with Crippen LogP contribution < -0.4 is 5.32 Å². The van der Waals surface area contributed by atoms with Crippen LogP contribution >= 0.6 is 0 Å². The minimum atomic E-state index is -0.418. The van der Waals surface area contributed by atoms with Gasteiger partial charge in [-0.1, -0.05) is 26.0 Å². The molecule has 0 aromatic heterocycles. The highest BCUT2D eigenvalue weighted by Crippen LogP contribution is 2.05. The van der Waals surface area contributed by atoms with Gasteiger partial charge in [0.1, 0.15) is 0 Å². The summed E-state index contributed by atoms with van der Waals surface area (Å²) in [6.07, 6.45) is -0.418. The van der Waals surface area contributed by atoms with Crippen molar-refractivity contribution in [1.82, 2.24) is 0 Å². The molecule has 0 aliphatic rings. The van der Waals surface area contributed by atoms with Crippen molar-refractivity contribution in [3.05, 3.63) is 30.3 Å². The highest BCUT2D eigenvalue weighted by Gasteiger charge is 2.03. The minimum absolute atomic E-state index is 0.350. The number of hydrogen-bond acceptors (Lipinski definition) is 2. The van der Waals surface area contributed by atoms with Gasteiger partial charge in [0.15, 0.2) is 0 Å². The molecule has 1 N–H and O–H groups in total. The van der Waals surface area contributed by atoms with Crippen molar-refractivity contribution in [2.75, 3.05) is 11.9 Å². The first-order valence-electron chi connectivity index (χ1n) is 4.58. The van der Waals surface area contributed by atoms with Gasteiger partial charge in [-0.3, -0.25) is 5.32 Å². The zero-order valence-corrected chi connectivity index (χ0v) is 8.41. The predicted octanol–water partition coefficient (Wildman–Crippen LogP) is 2.69. The fraction of sp³-hybridized carbons (Fsp3) is 0.364. The van der Waals surface area contributed by atoms with Gasteiger partial charge < -0.3 is 4.74 Å². The van der Waals surface area contributed by atoms with Gasteiger partial charge in [0.05, 0.1) is 6.61 Å². The Hall–Kier alpha value is -1.51. The maximum atomic E-state index is 11.2. The molecule has 1 aromatic rings. The smallest absolute Gasteiger partial charge is 0.411 e. The second-order valence-corrected chi connectivity index (χ2v) is 3.41. The van der Waals surface area contributed by atoms with E-state index in [0.717, 1.165) is 0 Å². The first-order chi connectivity index (χ1) is 6.68. The molecule has 3 heteroatoms. The van der Waals surface area contributed by atoms with Crippen LogP contribution in [0.5, 0.6) is 0 Å². The number of anilines is 1. The molecule has 0 aliphatic carbocycles. The van der Waals surface area contributed by atoms with Crippen LogP contribution in [-0.4, -0.2) is 12.7 Å². The molecule has 75 valence electrons. The fourth-order valence-electron chi connectivity index (χ4n) is 0.867. The zero-order valence-electron chi connectivity index (χ0n) is 8.41. The van der Waals surface area contributed by atoms with Gasteiger partial charge in [0, 0.05) is 5.69 Å². The summed E-state index contributed by atoms with van der Waals surface area (Å²) in [4.78, 5) is 11.2. The summed E-state index contributed by atoms with van der Waals surface area (Å²) in [7, 11) is 0. The molecule has 0 bridgehead atoms. The molecule has 0 heterocycles. The molecule has 1 amide bonds. The molecule has 0 spiro atoms. The van der Waals surface area contributed by atoms with E-state index in [9.17, 15) is 4.79 Å². The van der Waals surface area contributed by atoms with Gasteiger partial charge in [0.2, 0.25) is 0 Å². The van der Waals surface area contributed by atoms with Gasteiger partial charge in [-0.15, -0.1) is 0 Å².